The van der Waals surface area contributed by atoms with Crippen LogP contribution in [-0.4, -0.2) is 63.4 Å². The summed E-state index contributed by atoms with van der Waals surface area (Å²) in [6.45, 7) is 2.07. The van der Waals surface area contributed by atoms with Gasteiger partial charge in [0, 0.05) is 47.8 Å². The molecule has 0 aliphatic rings. The molecule has 0 aliphatic carbocycles. The molecule has 0 saturated heterocycles. The quantitative estimate of drug-likeness (QED) is 0.212. The van der Waals surface area contributed by atoms with Crippen LogP contribution < -0.4 is 15.4 Å². The van der Waals surface area contributed by atoms with Crippen LogP contribution in [0.15, 0.2) is 77.7 Å². The third-order valence-corrected chi connectivity index (χ3v) is 8.62. The minimum Gasteiger partial charge on any atom is -0.497 e. The lowest BCUT2D eigenvalue weighted by atomic mass is 10.1. The number of fused-ring (bicyclic) bond motifs is 1. The molecule has 12 heteroatoms. The number of para-hydroxylation sites is 1. The van der Waals surface area contributed by atoms with Gasteiger partial charge >= 0.3 is 5.97 Å². The van der Waals surface area contributed by atoms with E-state index in [1.165, 1.54) is 36.7 Å². The Morgan fingerprint density at radius 1 is 0.952 bits per heavy atom. The lowest BCUT2D eigenvalue weighted by Crippen LogP contribution is -2.37. The number of aryl methyl sites for hydroxylation is 1. The predicted molar refractivity (Wildman–Crippen MR) is 163 cm³/mol. The van der Waals surface area contributed by atoms with E-state index in [4.69, 9.17) is 21.1 Å². The molecule has 0 bridgehead atoms. The van der Waals surface area contributed by atoms with Crippen LogP contribution in [-0.2, 0) is 19.6 Å². The van der Waals surface area contributed by atoms with Gasteiger partial charge in [-0.25, -0.2) is 13.2 Å². The summed E-state index contributed by atoms with van der Waals surface area (Å²) in [5.74, 6) is -0.537. The highest BCUT2D eigenvalue weighted by Crippen LogP contribution is 2.27. The topological polar surface area (TPSA) is 127 Å². The minimum absolute atomic E-state index is 0.0593. The molecule has 0 saturated carbocycles. The van der Waals surface area contributed by atoms with Crippen molar-refractivity contribution < 1.29 is 27.5 Å². The van der Waals surface area contributed by atoms with Gasteiger partial charge in [0.05, 0.1) is 35.9 Å². The zero-order chi connectivity index (χ0) is 30.3. The van der Waals surface area contributed by atoms with Crippen LogP contribution in [0.25, 0.3) is 10.9 Å². The van der Waals surface area contributed by atoms with Crippen molar-refractivity contribution in [2.75, 3.05) is 44.5 Å². The Morgan fingerprint density at radius 2 is 1.69 bits per heavy atom. The number of sulfonamides is 1. The SMILES string of the molecule is COC(=O)c1ccccc1NC(=O)CCN(CCNc1cc(C)nc2ccc(Cl)cc12)S(=O)(=O)c1ccc(OC)cc1. The van der Waals surface area contributed by atoms with Crippen molar-refractivity contribution in [3.8, 4) is 5.75 Å². The largest absolute Gasteiger partial charge is 0.497 e. The second-order valence-electron chi connectivity index (χ2n) is 9.31. The number of anilines is 2. The summed E-state index contributed by atoms with van der Waals surface area (Å²) >= 11 is 6.21. The van der Waals surface area contributed by atoms with Gasteiger partial charge in [-0.05, 0) is 67.6 Å². The van der Waals surface area contributed by atoms with Gasteiger partial charge in [0.2, 0.25) is 15.9 Å². The molecule has 42 heavy (non-hydrogen) atoms. The molecule has 0 unspecified atom stereocenters. The Morgan fingerprint density at radius 3 is 2.40 bits per heavy atom. The van der Waals surface area contributed by atoms with E-state index < -0.39 is 21.9 Å². The molecule has 4 aromatic rings. The Bertz CT molecular complexity index is 1700. The molecule has 1 aromatic heterocycles. The number of carbonyl (C=O) groups is 2. The fourth-order valence-electron chi connectivity index (χ4n) is 4.36. The van der Waals surface area contributed by atoms with Crippen LogP contribution in [0.4, 0.5) is 11.4 Å². The van der Waals surface area contributed by atoms with Gasteiger partial charge in [-0.15, -0.1) is 0 Å². The molecule has 0 radical (unpaired) electrons. The first-order chi connectivity index (χ1) is 20.1. The van der Waals surface area contributed by atoms with Gasteiger partial charge in [-0.3, -0.25) is 9.78 Å². The summed E-state index contributed by atoms with van der Waals surface area (Å²) in [7, 11) is -1.23. The second kappa shape index (κ2) is 13.6. The van der Waals surface area contributed by atoms with Gasteiger partial charge in [0.1, 0.15) is 5.75 Å². The van der Waals surface area contributed by atoms with E-state index in [0.717, 1.165) is 22.3 Å². The van der Waals surface area contributed by atoms with E-state index in [-0.39, 0.29) is 42.2 Å². The zero-order valence-corrected chi connectivity index (χ0v) is 25.0. The number of ether oxygens (including phenoxy) is 2. The van der Waals surface area contributed by atoms with Crippen LogP contribution >= 0.6 is 11.6 Å². The first-order valence-electron chi connectivity index (χ1n) is 13.0. The average Bonchev–Trinajstić information content (AvgIpc) is 2.98. The molecule has 0 atom stereocenters. The first kappa shape index (κ1) is 30.8. The number of aromatic nitrogens is 1. The highest BCUT2D eigenvalue weighted by molar-refractivity contribution is 7.89. The first-order valence-corrected chi connectivity index (χ1v) is 14.9. The molecule has 0 aliphatic heterocycles. The molecule has 1 heterocycles. The van der Waals surface area contributed by atoms with E-state index in [1.54, 1.807) is 42.5 Å². The van der Waals surface area contributed by atoms with Crippen LogP contribution in [0.5, 0.6) is 5.75 Å². The summed E-state index contributed by atoms with van der Waals surface area (Å²) in [5.41, 5.74) is 2.78. The van der Waals surface area contributed by atoms with Gasteiger partial charge in [0.25, 0.3) is 0 Å². The maximum Gasteiger partial charge on any atom is 0.339 e. The van der Waals surface area contributed by atoms with Crippen LogP contribution in [0.2, 0.25) is 5.02 Å². The molecule has 3 aromatic carbocycles. The number of hydrogen-bond donors (Lipinski definition) is 2. The number of nitrogens with zero attached hydrogens (tertiary/aromatic N) is 2. The number of carbonyl (C=O) groups excluding carboxylic acids is 2. The van der Waals surface area contributed by atoms with Crippen LogP contribution in [0, 0.1) is 6.92 Å². The molecule has 0 spiro atoms. The second-order valence-corrected chi connectivity index (χ2v) is 11.7. The number of hydrogen-bond acceptors (Lipinski definition) is 8. The number of amides is 1. The van der Waals surface area contributed by atoms with Crippen molar-refractivity contribution in [2.24, 2.45) is 0 Å². The number of halogens is 1. The normalized spacial score (nSPS) is 11.4. The zero-order valence-electron chi connectivity index (χ0n) is 23.4. The third-order valence-electron chi connectivity index (χ3n) is 6.47. The number of pyridine rings is 1. The number of benzene rings is 3. The molecule has 2 N–H and O–H groups in total. The predicted octanol–water partition coefficient (Wildman–Crippen LogP) is 5.12. The van der Waals surface area contributed by atoms with Crippen LogP contribution in [0.3, 0.4) is 0 Å². The standard InChI is InChI=1S/C30H31ClN4O6S/c1-20-18-28(25-19-21(31)8-13-27(25)33-20)32-15-17-35(42(38,39)23-11-9-22(40-2)10-12-23)16-14-29(36)34-26-7-5-4-6-24(26)30(37)41-3/h4-13,18-19H,14-17H2,1-3H3,(H,32,33)(H,34,36). The number of methoxy groups -OCH3 is 2. The summed E-state index contributed by atoms with van der Waals surface area (Å²) in [6, 6.07) is 19.7. The summed E-state index contributed by atoms with van der Waals surface area (Å²) in [5, 5.41) is 7.36. The summed E-state index contributed by atoms with van der Waals surface area (Å²) in [4.78, 5) is 29.6. The fourth-order valence-corrected chi connectivity index (χ4v) is 5.97. The lowest BCUT2D eigenvalue weighted by Gasteiger charge is -2.23. The monoisotopic (exact) mass is 610 g/mol. The van der Waals surface area contributed by atoms with Gasteiger partial charge in [-0.1, -0.05) is 23.7 Å². The molecule has 0 fully saturated rings. The maximum atomic E-state index is 13.7. The Labute approximate surface area is 249 Å². The number of rotatable bonds is 12. The molecule has 220 valence electrons. The smallest absolute Gasteiger partial charge is 0.339 e. The molecule has 10 nitrogen and oxygen atoms in total. The highest BCUT2D eigenvalue weighted by Gasteiger charge is 2.25. The van der Waals surface area contributed by atoms with E-state index >= 15 is 0 Å². The van der Waals surface area contributed by atoms with Crippen molar-refractivity contribution >= 4 is 55.8 Å². The lowest BCUT2D eigenvalue weighted by molar-refractivity contribution is -0.116. The van der Waals surface area contributed by atoms with Gasteiger partial charge in [-0.2, -0.15) is 4.31 Å². The summed E-state index contributed by atoms with van der Waals surface area (Å²) in [6.07, 6.45) is -0.155. The Hall–Kier alpha value is -4.19. The third kappa shape index (κ3) is 7.35. The van der Waals surface area contributed by atoms with Gasteiger partial charge in [0.15, 0.2) is 0 Å². The number of nitrogens with one attached hydrogen (secondary N) is 2. The maximum absolute atomic E-state index is 13.7. The minimum atomic E-state index is -3.98. The van der Waals surface area contributed by atoms with Crippen molar-refractivity contribution in [3.05, 3.63) is 89.1 Å². The van der Waals surface area contributed by atoms with Crippen LogP contribution in [0.1, 0.15) is 22.5 Å². The fraction of sp³-hybridized carbons (Fsp3) is 0.233. The van der Waals surface area contributed by atoms with E-state index in [0.29, 0.717) is 10.8 Å². The van der Waals surface area contributed by atoms with Crippen molar-refractivity contribution in [2.45, 2.75) is 18.2 Å². The highest BCUT2D eigenvalue weighted by atomic mass is 35.5. The molecular weight excluding hydrogens is 580 g/mol. The molecule has 1 amide bonds. The van der Waals surface area contributed by atoms with E-state index in [1.807, 2.05) is 19.1 Å². The molecular formula is C30H31ClN4O6S. The van der Waals surface area contributed by atoms with Crippen molar-refractivity contribution in [3.63, 3.8) is 0 Å². The van der Waals surface area contributed by atoms with Crippen molar-refractivity contribution in [1.82, 2.24) is 9.29 Å². The van der Waals surface area contributed by atoms with E-state index in [2.05, 4.69) is 15.6 Å². The Kier molecular flexibility index (Phi) is 10.00. The summed E-state index contributed by atoms with van der Waals surface area (Å²) < 4.78 is 38.5. The van der Waals surface area contributed by atoms with Crippen molar-refractivity contribution in [1.29, 1.82) is 0 Å². The average molecular weight is 611 g/mol. The molecule has 4 rings (SSSR count). The number of esters is 1. The van der Waals surface area contributed by atoms with Gasteiger partial charge < -0.3 is 20.1 Å². The van der Waals surface area contributed by atoms with E-state index in [9.17, 15) is 18.0 Å². The Balaban J connectivity index is 1.53.